The van der Waals surface area contributed by atoms with E-state index in [0.717, 1.165) is 18.2 Å². The predicted molar refractivity (Wildman–Crippen MR) is 115 cm³/mol. The van der Waals surface area contributed by atoms with Crippen molar-refractivity contribution in [3.8, 4) is 0 Å². The summed E-state index contributed by atoms with van der Waals surface area (Å²) in [6.07, 6.45) is -6.22. The third-order valence-electron chi connectivity index (χ3n) is 4.40. The van der Waals surface area contributed by atoms with Crippen LogP contribution >= 0.6 is 0 Å². The molecule has 9 nitrogen and oxygen atoms in total. The molecule has 0 aliphatic heterocycles. The van der Waals surface area contributed by atoms with Gasteiger partial charge in [-0.25, -0.2) is 13.2 Å². The van der Waals surface area contributed by atoms with Crippen LogP contribution in [0.25, 0.3) is 0 Å². The lowest BCUT2D eigenvalue weighted by Gasteiger charge is -2.19. The maximum atomic E-state index is 12.9. The van der Waals surface area contributed by atoms with E-state index in [4.69, 9.17) is 10.5 Å². The van der Waals surface area contributed by atoms with Crippen molar-refractivity contribution < 1.29 is 40.7 Å². The summed E-state index contributed by atoms with van der Waals surface area (Å²) in [5.41, 5.74) is 4.25. The van der Waals surface area contributed by atoms with Gasteiger partial charge in [-0.3, -0.25) is 19.6 Å². The standard InChI is InChI=1S/C21H22F3N3O6S/c1-12(2)18(19(29)26-20(25)30)33-17(28)10-13-6-8-15(9-7-13)27-34(31,32)16-5-3-4-14(11-16)21(22,23)24/h3-9,11-12,18,27H,10H2,1-2H3,(H3,25,26,29,30)/t18-/m1/s1. The van der Waals surface area contributed by atoms with Gasteiger partial charge in [-0.15, -0.1) is 0 Å². The van der Waals surface area contributed by atoms with Crippen molar-refractivity contribution in [3.63, 3.8) is 0 Å². The monoisotopic (exact) mass is 501 g/mol. The number of esters is 1. The van der Waals surface area contributed by atoms with E-state index in [-0.39, 0.29) is 12.1 Å². The van der Waals surface area contributed by atoms with Crippen molar-refractivity contribution in [2.24, 2.45) is 11.7 Å². The topological polar surface area (TPSA) is 145 Å². The summed E-state index contributed by atoms with van der Waals surface area (Å²) in [4.78, 5) is 34.4. The fourth-order valence-corrected chi connectivity index (χ4v) is 3.88. The molecule has 0 heterocycles. The average Bonchev–Trinajstić information content (AvgIpc) is 2.72. The molecular formula is C21H22F3N3O6S. The van der Waals surface area contributed by atoms with E-state index in [1.165, 1.54) is 24.3 Å². The number of anilines is 1. The van der Waals surface area contributed by atoms with Crippen molar-refractivity contribution in [2.45, 2.75) is 37.4 Å². The van der Waals surface area contributed by atoms with Crippen LogP contribution in [0.3, 0.4) is 0 Å². The molecular weight excluding hydrogens is 479 g/mol. The molecule has 0 bridgehead atoms. The van der Waals surface area contributed by atoms with Gasteiger partial charge in [-0.1, -0.05) is 32.0 Å². The number of imide groups is 1. The molecule has 4 N–H and O–H groups in total. The summed E-state index contributed by atoms with van der Waals surface area (Å²) >= 11 is 0. The Labute approximate surface area is 193 Å². The van der Waals surface area contributed by atoms with Crippen molar-refractivity contribution in [1.29, 1.82) is 0 Å². The molecule has 0 radical (unpaired) electrons. The van der Waals surface area contributed by atoms with Crippen LogP contribution in [-0.2, 0) is 36.9 Å². The van der Waals surface area contributed by atoms with Crippen molar-refractivity contribution in [1.82, 2.24) is 5.32 Å². The van der Waals surface area contributed by atoms with E-state index >= 15 is 0 Å². The SMILES string of the molecule is CC(C)[C@@H](OC(=O)Cc1ccc(NS(=O)(=O)c2cccc(C(F)(F)F)c2)cc1)C(=O)NC(N)=O. The van der Waals surface area contributed by atoms with Gasteiger partial charge in [-0.2, -0.15) is 13.2 Å². The third kappa shape index (κ3) is 7.47. The molecule has 0 aliphatic carbocycles. The first-order valence-electron chi connectivity index (χ1n) is 9.78. The molecule has 3 amide bonds. The molecule has 0 spiro atoms. The Bertz CT molecular complexity index is 1170. The summed E-state index contributed by atoms with van der Waals surface area (Å²) in [6, 6.07) is 7.64. The number of hydrogen-bond acceptors (Lipinski definition) is 6. The van der Waals surface area contributed by atoms with E-state index in [1.807, 2.05) is 5.32 Å². The van der Waals surface area contributed by atoms with Crippen LogP contribution in [-0.4, -0.2) is 32.4 Å². The van der Waals surface area contributed by atoms with E-state index in [0.29, 0.717) is 11.6 Å². The van der Waals surface area contributed by atoms with Crippen molar-refractivity contribution >= 4 is 33.6 Å². The number of carbonyl (C=O) groups is 3. The Morgan fingerprint density at radius 1 is 1.06 bits per heavy atom. The number of primary amides is 1. The highest BCUT2D eigenvalue weighted by Gasteiger charge is 2.32. The average molecular weight is 501 g/mol. The van der Waals surface area contributed by atoms with Gasteiger partial charge < -0.3 is 10.5 Å². The van der Waals surface area contributed by atoms with E-state index in [1.54, 1.807) is 13.8 Å². The number of hydrogen-bond donors (Lipinski definition) is 3. The van der Waals surface area contributed by atoms with E-state index in [9.17, 15) is 36.0 Å². The highest BCUT2D eigenvalue weighted by Crippen LogP contribution is 2.31. The van der Waals surface area contributed by atoms with Gasteiger partial charge in [0, 0.05) is 5.69 Å². The lowest BCUT2D eigenvalue weighted by atomic mass is 10.1. The summed E-state index contributed by atoms with van der Waals surface area (Å²) in [5, 5.41) is 1.84. The summed E-state index contributed by atoms with van der Waals surface area (Å²) in [7, 11) is -4.30. The molecule has 0 fully saturated rings. The molecule has 2 rings (SSSR count). The van der Waals surface area contributed by atoms with Crippen LogP contribution in [0.15, 0.2) is 53.4 Å². The van der Waals surface area contributed by atoms with Gasteiger partial charge in [0.25, 0.3) is 15.9 Å². The minimum atomic E-state index is -4.70. The van der Waals surface area contributed by atoms with Crippen molar-refractivity contribution in [2.75, 3.05) is 4.72 Å². The molecule has 2 aromatic carbocycles. The van der Waals surface area contributed by atoms with Gasteiger partial charge in [0.2, 0.25) is 0 Å². The number of ether oxygens (including phenoxy) is 1. The number of amides is 3. The van der Waals surface area contributed by atoms with Crippen LogP contribution in [0.2, 0.25) is 0 Å². The zero-order valence-corrected chi connectivity index (χ0v) is 18.9. The minimum Gasteiger partial charge on any atom is -0.452 e. The van der Waals surface area contributed by atoms with E-state index in [2.05, 4.69) is 4.72 Å². The normalized spacial score (nSPS) is 12.6. The summed E-state index contributed by atoms with van der Waals surface area (Å²) in [6.45, 7) is 3.20. The quantitative estimate of drug-likeness (QED) is 0.475. The molecule has 0 aromatic heterocycles. The lowest BCUT2D eigenvalue weighted by molar-refractivity contribution is -0.157. The zero-order valence-electron chi connectivity index (χ0n) is 18.0. The van der Waals surface area contributed by atoms with Crippen LogP contribution in [0.1, 0.15) is 25.0 Å². The first-order chi connectivity index (χ1) is 15.7. The van der Waals surface area contributed by atoms with Crippen molar-refractivity contribution in [3.05, 3.63) is 59.7 Å². The number of halogens is 3. The molecule has 0 aliphatic rings. The van der Waals surface area contributed by atoms with Gasteiger partial charge in [-0.05, 0) is 41.8 Å². The fraction of sp³-hybridized carbons (Fsp3) is 0.286. The van der Waals surface area contributed by atoms with Crippen LogP contribution in [0.4, 0.5) is 23.7 Å². The number of nitrogens with two attached hydrogens (primary N) is 1. The highest BCUT2D eigenvalue weighted by molar-refractivity contribution is 7.92. The molecule has 0 saturated heterocycles. The Morgan fingerprint density at radius 2 is 1.68 bits per heavy atom. The van der Waals surface area contributed by atoms with Gasteiger partial charge in [0.1, 0.15) is 0 Å². The van der Waals surface area contributed by atoms with Gasteiger partial charge >= 0.3 is 18.2 Å². The number of alkyl halides is 3. The Hall–Kier alpha value is -3.61. The number of nitrogens with one attached hydrogen (secondary N) is 2. The molecule has 184 valence electrons. The van der Waals surface area contributed by atoms with E-state index < -0.39 is 56.6 Å². The number of rotatable bonds is 8. The highest BCUT2D eigenvalue weighted by atomic mass is 32.2. The fourth-order valence-electron chi connectivity index (χ4n) is 2.78. The lowest BCUT2D eigenvalue weighted by Crippen LogP contribution is -2.45. The number of sulfonamides is 1. The molecule has 34 heavy (non-hydrogen) atoms. The predicted octanol–water partition coefficient (Wildman–Crippen LogP) is 2.81. The van der Waals surface area contributed by atoms with Crippen LogP contribution in [0.5, 0.6) is 0 Å². The maximum absolute atomic E-state index is 12.9. The molecule has 2 aromatic rings. The number of carbonyl (C=O) groups excluding carboxylic acids is 3. The minimum absolute atomic E-state index is 0.0513. The molecule has 0 saturated carbocycles. The summed E-state index contributed by atoms with van der Waals surface area (Å²) in [5.74, 6) is -2.10. The zero-order chi connectivity index (χ0) is 25.7. The van der Waals surface area contributed by atoms with Gasteiger partial charge in [0.05, 0.1) is 16.9 Å². The van der Waals surface area contributed by atoms with Crippen LogP contribution in [0, 0.1) is 5.92 Å². The van der Waals surface area contributed by atoms with Gasteiger partial charge in [0.15, 0.2) is 6.10 Å². The Morgan fingerprint density at radius 3 is 2.21 bits per heavy atom. The Balaban J connectivity index is 2.07. The first-order valence-corrected chi connectivity index (χ1v) is 11.3. The largest absolute Gasteiger partial charge is 0.452 e. The van der Waals surface area contributed by atoms with Crippen LogP contribution < -0.4 is 15.8 Å². The molecule has 13 heteroatoms. The smallest absolute Gasteiger partial charge is 0.416 e. The number of urea groups is 1. The molecule has 0 unspecified atom stereocenters. The summed E-state index contributed by atoms with van der Waals surface area (Å²) < 4.78 is 70.8. The second-order valence-corrected chi connectivity index (χ2v) is 9.20. The number of benzene rings is 2. The molecule has 1 atom stereocenters. The maximum Gasteiger partial charge on any atom is 0.416 e. The first kappa shape index (κ1) is 26.6. The Kier molecular flexibility index (Phi) is 8.26. The second kappa shape index (κ2) is 10.5. The third-order valence-corrected chi connectivity index (χ3v) is 5.77. The second-order valence-electron chi connectivity index (χ2n) is 7.51.